The van der Waals surface area contributed by atoms with E-state index in [0.717, 1.165) is 19.4 Å². The lowest BCUT2D eigenvalue weighted by molar-refractivity contribution is -0.160. The molecule has 0 unspecified atom stereocenters. The summed E-state index contributed by atoms with van der Waals surface area (Å²) in [6.45, 7) is 15.4. The summed E-state index contributed by atoms with van der Waals surface area (Å²) in [4.78, 5) is 11.4. The molecule has 0 atom stereocenters. The molecule has 0 spiro atoms. The van der Waals surface area contributed by atoms with Crippen LogP contribution >= 0.6 is 0 Å². The quantitative estimate of drug-likeness (QED) is 0.131. The predicted octanol–water partition coefficient (Wildman–Crippen LogP) is 2.26. The second-order valence-corrected chi connectivity index (χ2v) is 8.28. The van der Waals surface area contributed by atoms with E-state index < -0.39 is 5.60 Å². The van der Waals surface area contributed by atoms with Crippen molar-refractivity contribution in [3.05, 3.63) is 0 Å². The Morgan fingerprint density at radius 3 is 1.09 bits per heavy atom. The fourth-order valence-corrected chi connectivity index (χ4v) is 2.31. The smallest absolute Gasteiger partial charge is 0.332 e. The summed E-state index contributed by atoms with van der Waals surface area (Å²) in [6.07, 6.45) is 2.24. The Balaban J connectivity index is 3.10. The van der Waals surface area contributed by atoms with Crippen LogP contribution in [0.5, 0.6) is 0 Å². The van der Waals surface area contributed by atoms with Gasteiger partial charge in [-0.15, -0.1) is 0 Å². The van der Waals surface area contributed by atoms with Gasteiger partial charge in [0, 0.05) is 6.61 Å². The molecular weight excluding hydrogens is 448 g/mol. The van der Waals surface area contributed by atoms with Crippen LogP contribution in [0.3, 0.4) is 0 Å². The lowest BCUT2D eigenvalue weighted by Gasteiger charge is -2.19. The van der Waals surface area contributed by atoms with Crippen molar-refractivity contribution >= 4 is 5.97 Å². The number of hydrogen-bond donors (Lipinski definition) is 0. The summed E-state index contributed by atoms with van der Waals surface area (Å²) in [7, 11) is 0. The number of carbonyl (C=O) groups is 1. The van der Waals surface area contributed by atoms with Crippen molar-refractivity contribution < 1.29 is 47.4 Å². The zero-order chi connectivity index (χ0) is 25.2. The number of ether oxygens (including phenoxy) is 9. The SMILES string of the molecule is CCCCOCCOCCOCCOCCOCCOCCOCCOCC(=O)OC(C)(C)C. The molecule has 0 saturated carbocycles. The molecular formula is C24H48O10. The number of hydrogen-bond acceptors (Lipinski definition) is 10. The summed E-state index contributed by atoms with van der Waals surface area (Å²) in [5, 5.41) is 0. The average molecular weight is 497 g/mol. The summed E-state index contributed by atoms with van der Waals surface area (Å²) in [6, 6.07) is 0. The average Bonchev–Trinajstić information content (AvgIpc) is 2.78. The molecule has 10 heteroatoms. The van der Waals surface area contributed by atoms with Crippen LogP contribution in [0.1, 0.15) is 40.5 Å². The van der Waals surface area contributed by atoms with E-state index in [-0.39, 0.29) is 12.6 Å². The highest BCUT2D eigenvalue weighted by Crippen LogP contribution is 2.06. The normalized spacial score (nSPS) is 11.8. The molecule has 0 rings (SSSR count). The third-order valence-electron chi connectivity index (χ3n) is 3.89. The number of carbonyl (C=O) groups excluding carboxylic acids is 1. The monoisotopic (exact) mass is 496 g/mol. The van der Waals surface area contributed by atoms with Crippen molar-refractivity contribution in [2.24, 2.45) is 0 Å². The molecule has 10 nitrogen and oxygen atoms in total. The van der Waals surface area contributed by atoms with Crippen LogP contribution in [0.4, 0.5) is 0 Å². The summed E-state index contributed by atoms with van der Waals surface area (Å²) < 4.78 is 48.2. The first-order valence-corrected chi connectivity index (χ1v) is 12.3. The van der Waals surface area contributed by atoms with Gasteiger partial charge in [-0.05, 0) is 27.2 Å². The lowest BCUT2D eigenvalue weighted by Crippen LogP contribution is -2.27. The van der Waals surface area contributed by atoms with Crippen LogP contribution in [0.25, 0.3) is 0 Å². The van der Waals surface area contributed by atoms with Crippen molar-refractivity contribution in [1.82, 2.24) is 0 Å². The maximum absolute atomic E-state index is 11.4. The van der Waals surface area contributed by atoms with Gasteiger partial charge in [0.2, 0.25) is 0 Å². The highest BCUT2D eigenvalue weighted by atomic mass is 16.6. The first kappa shape index (κ1) is 33.1. The minimum absolute atomic E-state index is 0.0737. The van der Waals surface area contributed by atoms with Crippen molar-refractivity contribution in [3.8, 4) is 0 Å². The Bertz CT molecular complexity index is 428. The molecule has 0 aliphatic carbocycles. The minimum atomic E-state index is -0.501. The van der Waals surface area contributed by atoms with E-state index in [1.54, 1.807) is 0 Å². The van der Waals surface area contributed by atoms with Crippen LogP contribution in [0.15, 0.2) is 0 Å². The second kappa shape index (κ2) is 25.2. The van der Waals surface area contributed by atoms with Crippen molar-refractivity contribution in [2.45, 2.75) is 46.1 Å². The Labute approximate surface area is 205 Å². The molecule has 0 aromatic rings. The fourth-order valence-electron chi connectivity index (χ4n) is 2.31. The van der Waals surface area contributed by atoms with E-state index >= 15 is 0 Å². The Kier molecular flexibility index (Phi) is 24.6. The fraction of sp³-hybridized carbons (Fsp3) is 0.958. The highest BCUT2D eigenvalue weighted by molar-refractivity contribution is 5.71. The Morgan fingerprint density at radius 2 is 0.794 bits per heavy atom. The topological polar surface area (TPSA) is 100 Å². The van der Waals surface area contributed by atoms with Gasteiger partial charge in [-0.1, -0.05) is 13.3 Å². The standard InChI is InChI=1S/C24H48O10/c1-5-6-7-26-8-9-27-10-11-28-12-13-29-14-15-30-16-17-31-18-19-32-20-21-33-22-23(25)34-24(2,3)4/h5-22H2,1-4H3. The van der Waals surface area contributed by atoms with Gasteiger partial charge < -0.3 is 42.6 Å². The van der Waals surface area contributed by atoms with E-state index in [1.165, 1.54) is 0 Å². The summed E-state index contributed by atoms with van der Waals surface area (Å²) in [5.74, 6) is -0.380. The van der Waals surface area contributed by atoms with Crippen LogP contribution in [-0.2, 0) is 47.4 Å². The molecule has 0 aromatic carbocycles. The van der Waals surface area contributed by atoms with Gasteiger partial charge in [-0.3, -0.25) is 0 Å². The van der Waals surface area contributed by atoms with Crippen molar-refractivity contribution in [2.75, 3.05) is 106 Å². The first-order chi connectivity index (χ1) is 16.5. The zero-order valence-corrected chi connectivity index (χ0v) is 21.8. The van der Waals surface area contributed by atoms with Gasteiger partial charge in [0.1, 0.15) is 12.2 Å². The van der Waals surface area contributed by atoms with E-state index in [2.05, 4.69) is 6.92 Å². The second-order valence-electron chi connectivity index (χ2n) is 8.28. The van der Waals surface area contributed by atoms with Gasteiger partial charge in [-0.25, -0.2) is 4.79 Å². The summed E-state index contributed by atoms with van der Waals surface area (Å²) >= 11 is 0. The van der Waals surface area contributed by atoms with Gasteiger partial charge in [0.05, 0.1) is 92.5 Å². The van der Waals surface area contributed by atoms with Gasteiger partial charge in [0.15, 0.2) is 0 Å². The van der Waals surface area contributed by atoms with Crippen LogP contribution in [0, 0.1) is 0 Å². The van der Waals surface area contributed by atoms with E-state index in [4.69, 9.17) is 42.6 Å². The predicted molar refractivity (Wildman–Crippen MR) is 127 cm³/mol. The van der Waals surface area contributed by atoms with E-state index in [0.29, 0.717) is 92.5 Å². The van der Waals surface area contributed by atoms with Crippen LogP contribution in [-0.4, -0.2) is 117 Å². The molecule has 0 saturated heterocycles. The lowest BCUT2D eigenvalue weighted by atomic mass is 10.2. The minimum Gasteiger partial charge on any atom is -0.458 e. The number of rotatable bonds is 26. The molecule has 34 heavy (non-hydrogen) atoms. The molecule has 0 aromatic heterocycles. The molecule has 0 aliphatic rings. The van der Waals surface area contributed by atoms with Gasteiger partial charge in [-0.2, -0.15) is 0 Å². The molecule has 204 valence electrons. The number of esters is 1. The van der Waals surface area contributed by atoms with E-state index in [1.807, 2.05) is 20.8 Å². The maximum atomic E-state index is 11.4. The molecule has 0 heterocycles. The van der Waals surface area contributed by atoms with Crippen LogP contribution < -0.4 is 0 Å². The highest BCUT2D eigenvalue weighted by Gasteiger charge is 2.15. The van der Waals surface area contributed by atoms with Gasteiger partial charge >= 0.3 is 5.97 Å². The van der Waals surface area contributed by atoms with Gasteiger partial charge in [0.25, 0.3) is 0 Å². The van der Waals surface area contributed by atoms with Crippen molar-refractivity contribution in [3.63, 3.8) is 0 Å². The third kappa shape index (κ3) is 29.2. The zero-order valence-electron chi connectivity index (χ0n) is 21.8. The summed E-state index contributed by atoms with van der Waals surface area (Å²) in [5.41, 5.74) is -0.501. The molecule has 0 N–H and O–H groups in total. The number of unbranched alkanes of at least 4 members (excludes halogenated alkanes) is 1. The Morgan fingerprint density at radius 1 is 0.500 bits per heavy atom. The van der Waals surface area contributed by atoms with Crippen LogP contribution in [0.2, 0.25) is 0 Å². The molecule has 0 radical (unpaired) electrons. The molecule has 0 bridgehead atoms. The molecule has 0 amide bonds. The maximum Gasteiger partial charge on any atom is 0.332 e. The third-order valence-corrected chi connectivity index (χ3v) is 3.89. The van der Waals surface area contributed by atoms with E-state index in [9.17, 15) is 4.79 Å². The largest absolute Gasteiger partial charge is 0.458 e. The Hall–Kier alpha value is -0.850. The van der Waals surface area contributed by atoms with Crippen molar-refractivity contribution in [1.29, 1.82) is 0 Å². The first-order valence-electron chi connectivity index (χ1n) is 12.3. The molecule has 0 fully saturated rings. The molecule has 0 aliphatic heterocycles.